The molecule has 5 aromatic rings. The molecular weight excluding hydrogens is 667 g/mol. The maximum absolute atomic E-state index is 12.1. The number of carbonyl (C=O) groups is 2. The molecule has 0 atom stereocenters. The molecule has 0 aliphatic rings. The number of hydrogen-bond donors (Lipinski definition) is 5. The second-order valence-corrected chi connectivity index (χ2v) is 10.9. The Hall–Kier alpha value is -7.67. The van der Waals surface area contributed by atoms with E-state index in [1.165, 1.54) is 18.4 Å². The summed E-state index contributed by atoms with van der Waals surface area (Å²) in [6.07, 6.45) is 8.19. The molecule has 5 rings (SSSR count). The van der Waals surface area contributed by atoms with Gasteiger partial charge in [-0.25, -0.2) is 14.4 Å². The number of carbonyl (C=O) groups excluding carboxylic acids is 3. The zero-order chi connectivity index (χ0) is 38.3. The lowest BCUT2D eigenvalue weighted by atomic mass is 10.1. The Labute approximate surface area is 308 Å². The standard InChI is InChI=1S/C26H26N4O2.C8H4N2O2.C8H9N/c1-3-19-8-12-23(13-9-19)29-25(31)27-17-21-6-5-7-22(16-21)18-28-26(32)30-24-14-10-20(4-2)11-15-24;9-5-12-8-3-1-2-7(4-8)10-6-11;1-2-7-3-5-8(9)6-4-7/h3-16H,1-2,17-18H2,(H2,27,29,31)(H2,28,30,32);1-4H;2-6H,1,9H2. The molecule has 0 radical (unpaired) electrons. The number of nitrogens with one attached hydrogen (secondary N) is 4. The van der Waals surface area contributed by atoms with Crippen molar-refractivity contribution < 1.29 is 19.1 Å². The lowest BCUT2D eigenvalue weighted by molar-refractivity contribution is 0.251. The summed E-state index contributed by atoms with van der Waals surface area (Å²) in [5.74, 6) is 0.356. The Bertz CT molecular complexity index is 1980. The number of nitrogen functional groups attached to an aromatic ring is 1. The van der Waals surface area contributed by atoms with Gasteiger partial charge in [0.05, 0.1) is 5.69 Å². The van der Waals surface area contributed by atoms with E-state index in [0.717, 1.165) is 33.5 Å². The van der Waals surface area contributed by atoms with Crippen molar-refractivity contribution in [1.29, 1.82) is 5.26 Å². The zero-order valence-electron chi connectivity index (χ0n) is 28.9. The van der Waals surface area contributed by atoms with Gasteiger partial charge in [-0.05, 0) is 76.3 Å². The summed E-state index contributed by atoms with van der Waals surface area (Å²) >= 11 is 0. The SMILES string of the molecule is C=Cc1ccc(N)cc1.C=Cc1ccc(NC(=O)NCc2cccc(CNC(=O)Nc3ccc(C=C)cc3)c2)cc1.N#COc1cccc(N=C=O)c1. The van der Waals surface area contributed by atoms with E-state index in [1.54, 1.807) is 36.4 Å². The van der Waals surface area contributed by atoms with Crippen LogP contribution in [0.4, 0.5) is 32.3 Å². The van der Waals surface area contributed by atoms with E-state index in [4.69, 9.17) is 11.0 Å². The van der Waals surface area contributed by atoms with E-state index < -0.39 is 0 Å². The van der Waals surface area contributed by atoms with Crippen LogP contribution in [0.15, 0.2) is 146 Å². The number of urea groups is 2. The molecule has 11 heteroatoms. The van der Waals surface area contributed by atoms with E-state index in [1.807, 2.05) is 97.1 Å². The van der Waals surface area contributed by atoms with Crippen molar-refractivity contribution in [2.75, 3.05) is 16.4 Å². The monoisotopic (exact) mass is 705 g/mol. The summed E-state index contributed by atoms with van der Waals surface area (Å²) in [4.78, 5) is 37.5. The number of nitrogens with zero attached hydrogens (tertiary/aromatic N) is 2. The Morgan fingerprint density at radius 3 is 1.57 bits per heavy atom. The van der Waals surface area contributed by atoms with Crippen molar-refractivity contribution >= 4 is 59.1 Å². The summed E-state index contributed by atoms with van der Waals surface area (Å²) in [6, 6.07) is 35.8. The third-order valence-corrected chi connectivity index (χ3v) is 7.03. The fourth-order valence-electron chi connectivity index (χ4n) is 4.32. The van der Waals surface area contributed by atoms with Crippen molar-refractivity contribution in [1.82, 2.24) is 10.6 Å². The highest BCUT2D eigenvalue weighted by atomic mass is 16.5. The van der Waals surface area contributed by atoms with E-state index in [2.05, 4.69) is 50.7 Å². The van der Waals surface area contributed by atoms with Crippen molar-refractivity contribution in [3.8, 4) is 12.0 Å². The third-order valence-electron chi connectivity index (χ3n) is 7.03. The summed E-state index contributed by atoms with van der Waals surface area (Å²) in [5.41, 5.74) is 13.0. The minimum absolute atomic E-state index is 0.290. The average Bonchev–Trinajstić information content (AvgIpc) is 3.18. The molecule has 0 heterocycles. The molecule has 0 saturated carbocycles. The lowest BCUT2D eigenvalue weighted by Gasteiger charge is -2.10. The van der Waals surface area contributed by atoms with Gasteiger partial charge in [-0.2, -0.15) is 4.99 Å². The molecule has 0 aromatic heterocycles. The van der Waals surface area contributed by atoms with Crippen LogP contribution in [-0.2, 0) is 17.9 Å². The summed E-state index contributed by atoms with van der Waals surface area (Å²) < 4.78 is 4.51. The van der Waals surface area contributed by atoms with Crippen LogP contribution in [0.25, 0.3) is 18.2 Å². The van der Waals surface area contributed by atoms with Crippen molar-refractivity contribution in [3.63, 3.8) is 0 Å². The first-order valence-electron chi connectivity index (χ1n) is 16.1. The number of hydrogen-bond acceptors (Lipinski definition) is 7. The van der Waals surface area contributed by atoms with Crippen LogP contribution in [0.2, 0.25) is 0 Å². The maximum Gasteiger partial charge on any atom is 0.319 e. The predicted molar refractivity (Wildman–Crippen MR) is 213 cm³/mol. The minimum atomic E-state index is -0.290. The molecule has 266 valence electrons. The van der Waals surface area contributed by atoms with Gasteiger partial charge in [0.2, 0.25) is 6.08 Å². The van der Waals surface area contributed by atoms with Gasteiger partial charge in [-0.15, -0.1) is 5.26 Å². The van der Waals surface area contributed by atoms with Crippen molar-refractivity contribution in [2.45, 2.75) is 13.1 Å². The summed E-state index contributed by atoms with van der Waals surface area (Å²) in [5, 5.41) is 19.4. The van der Waals surface area contributed by atoms with Gasteiger partial charge in [0.25, 0.3) is 6.26 Å². The van der Waals surface area contributed by atoms with Crippen LogP contribution < -0.4 is 31.7 Å². The molecule has 6 N–H and O–H groups in total. The molecule has 0 bridgehead atoms. The zero-order valence-corrected chi connectivity index (χ0v) is 28.9. The Balaban J connectivity index is 0.000000291. The Kier molecular flexibility index (Phi) is 16.6. The van der Waals surface area contributed by atoms with Crippen LogP contribution in [0, 0.1) is 11.5 Å². The van der Waals surface area contributed by atoms with Crippen molar-refractivity contribution in [2.24, 2.45) is 4.99 Å². The highest BCUT2D eigenvalue weighted by Crippen LogP contribution is 2.19. The first kappa shape index (κ1) is 39.8. The minimum Gasteiger partial charge on any atom is -0.399 e. The highest BCUT2D eigenvalue weighted by Gasteiger charge is 2.05. The van der Waals surface area contributed by atoms with E-state index in [0.29, 0.717) is 35.9 Å². The number of benzene rings is 5. The van der Waals surface area contributed by atoms with Gasteiger partial charge < -0.3 is 31.7 Å². The Morgan fingerprint density at radius 2 is 1.13 bits per heavy atom. The van der Waals surface area contributed by atoms with Gasteiger partial charge in [-0.3, -0.25) is 0 Å². The normalized spacial score (nSPS) is 9.34. The summed E-state index contributed by atoms with van der Waals surface area (Å²) in [6.45, 7) is 11.8. The summed E-state index contributed by atoms with van der Waals surface area (Å²) in [7, 11) is 0. The molecule has 0 spiro atoms. The van der Waals surface area contributed by atoms with Gasteiger partial charge in [0.15, 0.2) is 0 Å². The number of rotatable bonds is 11. The number of isocyanates is 1. The van der Waals surface area contributed by atoms with Gasteiger partial charge in [0, 0.05) is 36.2 Å². The highest BCUT2D eigenvalue weighted by molar-refractivity contribution is 5.90. The molecule has 53 heavy (non-hydrogen) atoms. The van der Waals surface area contributed by atoms with Crippen LogP contribution >= 0.6 is 0 Å². The number of anilines is 3. The first-order chi connectivity index (χ1) is 25.7. The van der Waals surface area contributed by atoms with E-state index in [-0.39, 0.29) is 12.1 Å². The molecule has 11 nitrogen and oxygen atoms in total. The molecule has 0 unspecified atom stereocenters. The fraction of sp³-hybridized carbons (Fsp3) is 0.0476. The van der Waals surface area contributed by atoms with Gasteiger partial charge >= 0.3 is 12.1 Å². The van der Waals surface area contributed by atoms with Crippen LogP contribution in [0.1, 0.15) is 27.8 Å². The second kappa shape index (κ2) is 22.1. The number of aliphatic imine (C=N–C) groups is 1. The van der Waals surface area contributed by atoms with Crippen LogP contribution in [-0.4, -0.2) is 18.1 Å². The van der Waals surface area contributed by atoms with Crippen LogP contribution in [0.3, 0.4) is 0 Å². The third kappa shape index (κ3) is 15.2. The fourth-order valence-corrected chi connectivity index (χ4v) is 4.32. The number of ether oxygens (including phenoxy) is 1. The largest absolute Gasteiger partial charge is 0.399 e. The number of nitrogens with two attached hydrogens (primary N) is 1. The van der Waals surface area contributed by atoms with E-state index in [9.17, 15) is 14.4 Å². The predicted octanol–water partition coefficient (Wildman–Crippen LogP) is 9.04. The lowest BCUT2D eigenvalue weighted by Crippen LogP contribution is -2.29. The molecule has 0 saturated heterocycles. The van der Waals surface area contributed by atoms with Gasteiger partial charge in [0.1, 0.15) is 5.75 Å². The molecule has 0 fully saturated rings. The molecule has 4 amide bonds. The number of nitriles is 1. The molecular formula is C42H39N7O4. The molecule has 0 aliphatic carbocycles. The smallest absolute Gasteiger partial charge is 0.319 e. The average molecular weight is 706 g/mol. The molecule has 5 aromatic carbocycles. The van der Waals surface area contributed by atoms with E-state index >= 15 is 0 Å². The molecule has 0 aliphatic heterocycles. The topological polar surface area (TPSA) is 171 Å². The maximum atomic E-state index is 12.1. The number of amides is 4. The van der Waals surface area contributed by atoms with Gasteiger partial charge in [-0.1, -0.05) is 105 Å². The van der Waals surface area contributed by atoms with Crippen molar-refractivity contribution in [3.05, 3.63) is 169 Å². The Morgan fingerprint density at radius 1 is 0.679 bits per heavy atom. The quantitative estimate of drug-likeness (QED) is 0.0397. The second-order valence-electron chi connectivity index (χ2n) is 10.9. The first-order valence-corrected chi connectivity index (χ1v) is 16.1. The van der Waals surface area contributed by atoms with Crippen LogP contribution in [0.5, 0.6) is 5.75 Å².